The van der Waals surface area contributed by atoms with Crippen molar-refractivity contribution in [3.63, 3.8) is 0 Å². The van der Waals surface area contributed by atoms with Crippen LogP contribution in [0.2, 0.25) is 0 Å². The highest BCUT2D eigenvalue weighted by Gasteiger charge is 2.16. The summed E-state index contributed by atoms with van der Waals surface area (Å²) in [5, 5.41) is 7.17. The lowest BCUT2D eigenvalue weighted by atomic mass is 9.98. The fraction of sp³-hybridized carbons (Fsp3) is 0.115. The number of carbonyl (C=O) groups is 2. The van der Waals surface area contributed by atoms with Crippen LogP contribution in [-0.4, -0.2) is 28.8 Å². The van der Waals surface area contributed by atoms with Gasteiger partial charge >= 0.3 is 5.97 Å². The first-order valence-corrected chi connectivity index (χ1v) is 10.2. The standard InChI is InChI=1S/C26H23N3O3/c1-18-21(26(31)32-2)9-5-10-24(18)28-25(30)23-8-4-3-7-22(23)20-13-11-19(12-14-20)17-29-16-6-15-27-29/h3-16H,17H2,1-2H3,(H,28,30). The molecule has 0 aliphatic carbocycles. The highest BCUT2D eigenvalue weighted by molar-refractivity contribution is 6.09. The summed E-state index contributed by atoms with van der Waals surface area (Å²) in [6.07, 6.45) is 3.68. The van der Waals surface area contributed by atoms with Gasteiger partial charge in [0.1, 0.15) is 0 Å². The predicted molar refractivity (Wildman–Crippen MR) is 124 cm³/mol. The molecule has 0 saturated carbocycles. The average molecular weight is 425 g/mol. The maximum absolute atomic E-state index is 13.2. The van der Waals surface area contributed by atoms with Crippen molar-refractivity contribution < 1.29 is 14.3 Å². The van der Waals surface area contributed by atoms with Gasteiger partial charge in [0.05, 0.1) is 19.2 Å². The molecule has 0 aliphatic heterocycles. The molecule has 0 atom stereocenters. The van der Waals surface area contributed by atoms with E-state index in [-0.39, 0.29) is 5.91 Å². The van der Waals surface area contributed by atoms with E-state index < -0.39 is 5.97 Å². The highest BCUT2D eigenvalue weighted by Crippen LogP contribution is 2.26. The van der Waals surface area contributed by atoms with Gasteiger partial charge in [0.25, 0.3) is 5.91 Å². The molecule has 32 heavy (non-hydrogen) atoms. The monoisotopic (exact) mass is 425 g/mol. The number of nitrogens with zero attached hydrogens (tertiary/aromatic N) is 2. The van der Waals surface area contributed by atoms with E-state index in [1.54, 1.807) is 37.4 Å². The maximum Gasteiger partial charge on any atom is 0.338 e. The summed E-state index contributed by atoms with van der Waals surface area (Å²) in [7, 11) is 1.34. The topological polar surface area (TPSA) is 73.2 Å². The van der Waals surface area contributed by atoms with Gasteiger partial charge in [-0.05, 0) is 53.4 Å². The minimum Gasteiger partial charge on any atom is -0.465 e. The van der Waals surface area contributed by atoms with Gasteiger partial charge < -0.3 is 10.1 Å². The lowest BCUT2D eigenvalue weighted by Crippen LogP contribution is -2.15. The van der Waals surface area contributed by atoms with Crippen LogP contribution in [0.4, 0.5) is 5.69 Å². The Hall–Kier alpha value is -4.19. The Morgan fingerprint density at radius 3 is 2.41 bits per heavy atom. The van der Waals surface area contributed by atoms with E-state index in [1.807, 2.05) is 59.4 Å². The van der Waals surface area contributed by atoms with Crippen molar-refractivity contribution in [2.24, 2.45) is 0 Å². The van der Waals surface area contributed by atoms with Crippen molar-refractivity contribution in [3.8, 4) is 11.1 Å². The zero-order valence-electron chi connectivity index (χ0n) is 17.9. The van der Waals surface area contributed by atoms with E-state index in [0.29, 0.717) is 28.9 Å². The summed E-state index contributed by atoms with van der Waals surface area (Å²) >= 11 is 0. The summed E-state index contributed by atoms with van der Waals surface area (Å²) in [4.78, 5) is 25.1. The molecule has 0 unspecified atom stereocenters. The second kappa shape index (κ2) is 9.31. The number of rotatable bonds is 6. The fourth-order valence-electron chi connectivity index (χ4n) is 3.60. The van der Waals surface area contributed by atoms with Gasteiger partial charge in [-0.2, -0.15) is 5.10 Å². The van der Waals surface area contributed by atoms with Crippen molar-refractivity contribution >= 4 is 17.6 Å². The molecule has 6 nitrogen and oxygen atoms in total. The number of nitrogens with one attached hydrogen (secondary N) is 1. The Balaban J connectivity index is 1.59. The normalized spacial score (nSPS) is 10.6. The molecule has 1 amide bonds. The van der Waals surface area contributed by atoms with Gasteiger partial charge in [-0.25, -0.2) is 4.79 Å². The summed E-state index contributed by atoms with van der Waals surface area (Å²) < 4.78 is 6.69. The molecule has 1 N–H and O–H groups in total. The zero-order valence-corrected chi connectivity index (χ0v) is 17.9. The van der Waals surface area contributed by atoms with E-state index >= 15 is 0 Å². The summed E-state index contributed by atoms with van der Waals surface area (Å²) in [6.45, 7) is 2.47. The van der Waals surface area contributed by atoms with E-state index in [0.717, 1.165) is 16.7 Å². The minimum atomic E-state index is -0.436. The van der Waals surface area contributed by atoms with Crippen molar-refractivity contribution in [2.45, 2.75) is 13.5 Å². The molecule has 4 aromatic rings. The number of methoxy groups -OCH3 is 1. The number of hydrogen-bond donors (Lipinski definition) is 1. The Kier molecular flexibility index (Phi) is 6.12. The van der Waals surface area contributed by atoms with Crippen LogP contribution in [0.3, 0.4) is 0 Å². The number of carbonyl (C=O) groups excluding carboxylic acids is 2. The van der Waals surface area contributed by atoms with Crippen molar-refractivity contribution in [1.29, 1.82) is 0 Å². The van der Waals surface area contributed by atoms with Crippen LogP contribution in [0.25, 0.3) is 11.1 Å². The van der Waals surface area contributed by atoms with Gasteiger partial charge in [-0.1, -0.05) is 48.5 Å². The van der Waals surface area contributed by atoms with Crippen molar-refractivity contribution in [3.05, 3.63) is 107 Å². The highest BCUT2D eigenvalue weighted by atomic mass is 16.5. The Labute approximate surface area is 186 Å². The van der Waals surface area contributed by atoms with Crippen molar-refractivity contribution in [1.82, 2.24) is 9.78 Å². The smallest absolute Gasteiger partial charge is 0.338 e. The maximum atomic E-state index is 13.2. The first kappa shape index (κ1) is 21.1. The minimum absolute atomic E-state index is 0.244. The number of benzene rings is 3. The number of aromatic nitrogens is 2. The van der Waals surface area contributed by atoms with Gasteiger partial charge in [-0.3, -0.25) is 9.48 Å². The summed E-state index contributed by atoms with van der Waals surface area (Å²) in [6, 6.07) is 22.6. The second-order valence-corrected chi connectivity index (χ2v) is 7.37. The summed E-state index contributed by atoms with van der Waals surface area (Å²) in [5.74, 6) is -0.680. The second-order valence-electron chi connectivity index (χ2n) is 7.37. The fourth-order valence-corrected chi connectivity index (χ4v) is 3.60. The third-order valence-corrected chi connectivity index (χ3v) is 5.33. The molecule has 0 bridgehead atoms. The molecule has 4 rings (SSSR count). The number of anilines is 1. The van der Waals surface area contributed by atoms with E-state index in [9.17, 15) is 9.59 Å². The van der Waals surface area contributed by atoms with Crippen LogP contribution in [0, 0.1) is 6.92 Å². The van der Waals surface area contributed by atoms with Crippen LogP contribution < -0.4 is 5.32 Å². The van der Waals surface area contributed by atoms with Gasteiger partial charge in [-0.15, -0.1) is 0 Å². The number of ether oxygens (including phenoxy) is 1. The largest absolute Gasteiger partial charge is 0.465 e. The number of amides is 1. The molecule has 0 fully saturated rings. The zero-order chi connectivity index (χ0) is 22.5. The van der Waals surface area contributed by atoms with Crippen LogP contribution in [0.15, 0.2) is 85.2 Å². The first-order valence-electron chi connectivity index (χ1n) is 10.2. The molecular weight excluding hydrogens is 402 g/mol. The Bertz CT molecular complexity index is 1250. The first-order chi connectivity index (χ1) is 15.6. The average Bonchev–Trinajstić information content (AvgIpc) is 3.33. The molecule has 1 heterocycles. The van der Waals surface area contributed by atoms with Crippen LogP contribution >= 0.6 is 0 Å². The predicted octanol–water partition coefficient (Wildman–Crippen LogP) is 4.95. The SMILES string of the molecule is COC(=O)c1cccc(NC(=O)c2ccccc2-c2ccc(Cn3cccn3)cc2)c1C. The van der Waals surface area contributed by atoms with Crippen LogP contribution in [0.1, 0.15) is 31.8 Å². The molecule has 0 aliphatic rings. The molecule has 3 aromatic carbocycles. The number of esters is 1. The molecule has 0 saturated heterocycles. The van der Waals surface area contributed by atoms with E-state index in [1.165, 1.54) is 7.11 Å². The van der Waals surface area contributed by atoms with Gasteiger partial charge in [0.15, 0.2) is 0 Å². The molecule has 6 heteroatoms. The summed E-state index contributed by atoms with van der Waals surface area (Å²) in [5.41, 5.74) is 5.10. The number of hydrogen-bond acceptors (Lipinski definition) is 4. The Morgan fingerprint density at radius 2 is 1.69 bits per heavy atom. The lowest BCUT2D eigenvalue weighted by Gasteiger charge is -2.14. The third kappa shape index (κ3) is 4.44. The van der Waals surface area contributed by atoms with Gasteiger partial charge in [0.2, 0.25) is 0 Å². The van der Waals surface area contributed by atoms with Gasteiger partial charge in [0, 0.05) is 23.6 Å². The van der Waals surface area contributed by atoms with Crippen molar-refractivity contribution in [2.75, 3.05) is 12.4 Å². The lowest BCUT2D eigenvalue weighted by molar-refractivity contribution is 0.0599. The molecule has 1 aromatic heterocycles. The van der Waals surface area contributed by atoms with E-state index in [2.05, 4.69) is 10.4 Å². The molecule has 0 spiro atoms. The third-order valence-electron chi connectivity index (χ3n) is 5.33. The molecular formula is C26H23N3O3. The molecule has 160 valence electrons. The quantitative estimate of drug-likeness (QED) is 0.444. The van der Waals surface area contributed by atoms with Crippen LogP contribution in [0.5, 0.6) is 0 Å². The van der Waals surface area contributed by atoms with Crippen LogP contribution in [-0.2, 0) is 11.3 Å². The Morgan fingerprint density at radius 1 is 0.938 bits per heavy atom. The van der Waals surface area contributed by atoms with E-state index in [4.69, 9.17) is 4.74 Å². The molecule has 0 radical (unpaired) electrons.